The Bertz CT molecular complexity index is 936. The number of nitrogens with one attached hydrogen (secondary N) is 2. The van der Waals surface area contributed by atoms with Gasteiger partial charge in [0, 0.05) is 13.1 Å². The molecule has 2 aliphatic heterocycles. The van der Waals surface area contributed by atoms with Gasteiger partial charge in [0.25, 0.3) is 0 Å². The maximum atomic E-state index is 13.0. The fraction of sp³-hybridized carbons (Fsp3) is 0.645. The van der Waals surface area contributed by atoms with Crippen LogP contribution in [0.2, 0.25) is 0 Å². The average Bonchev–Trinajstić information content (AvgIpc) is 2.94. The van der Waals surface area contributed by atoms with Crippen LogP contribution in [-0.2, 0) is 11.2 Å². The van der Waals surface area contributed by atoms with Crippen LogP contribution in [-0.4, -0.2) is 81.2 Å². The van der Waals surface area contributed by atoms with Crippen molar-refractivity contribution >= 4 is 29.1 Å². The van der Waals surface area contributed by atoms with E-state index >= 15 is 0 Å². The molecule has 2 saturated heterocycles. The lowest BCUT2D eigenvalue weighted by atomic mass is 9.95. The van der Waals surface area contributed by atoms with Gasteiger partial charge in [0.05, 0.1) is 6.42 Å². The smallest absolute Gasteiger partial charge is 0.227 e. The Labute approximate surface area is 236 Å². The van der Waals surface area contributed by atoms with Crippen LogP contribution < -0.4 is 16.4 Å². The van der Waals surface area contributed by atoms with E-state index in [2.05, 4.69) is 62.9 Å². The summed E-state index contributed by atoms with van der Waals surface area (Å²) in [5, 5.41) is 9.78. The molecule has 0 saturated carbocycles. The number of benzene rings is 2. The van der Waals surface area contributed by atoms with E-state index in [1.54, 1.807) is 0 Å². The van der Waals surface area contributed by atoms with Crippen molar-refractivity contribution in [2.24, 2.45) is 17.6 Å². The molecular weight excluding hydrogens is 494 g/mol. The van der Waals surface area contributed by atoms with Crippen LogP contribution >= 0.6 is 12.4 Å². The SMILES string of the molecule is Cl.NCCCN1CCC(CNCCCCNCC2CCN(C(=O)Cc3cccc4ccccc34)CC2)CC1. The van der Waals surface area contributed by atoms with Gasteiger partial charge in [-0.3, -0.25) is 4.79 Å². The summed E-state index contributed by atoms with van der Waals surface area (Å²) in [4.78, 5) is 17.6. The molecule has 4 rings (SSSR count). The Kier molecular flexibility index (Phi) is 13.9. The van der Waals surface area contributed by atoms with Gasteiger partial charge in [0.15, 0.2) is 0 Å². The number of unbranched alkanes of at least 4 members (excludes halogenated alkanes) is 1. The molecule has 2 fully saturated rings. The summed E-state index contributed by atoms with van der Waals surface area (Å²) >= 11 is 0. The number of amides is 1. The molecule has 38 heavy (non-hydrogen) atoms. The average molecular weight is 544 g/mol. The molecule has 2 aromatic rings. The summed E-state index contributed by atoms with van der Waals surface area (Å²) in [5.74, 6) is 1.81. The van der Waals surface area contributed by atoms with E-state index < -0.39 is 0 Å². The number of fused-ring (bicyclic) bond motifs is 1. The fourth-order valence-electron chi connectivity index (χ4n) is 5.95. The molecule has 2 aromatic carbocycles. The number of carbonyl (C=O) groups is 1. The van der Waals surface area contributed by atoms with Gasteiger partial charge in [-0.05, 0) is 125 Å². The molecule has 1 amide bonds. The molecule has 0 spiro atoms. The van der Waals surface area contributed by atoms with Crippen molar-refractivity contribution in [2.75, 3.05) is 65.4 Å². The molecule has 0 atom stereocenters. The molecule has 0 unspecified atom stereocenters. The van der Waals surface area contributed by atoms with Gasteiger partial charge < -0.3 is 26.2 Å². The minimum atomic E-state index is 0. The third-order valence-corrected chi connectivity index (χ3v) is 8.40. The topological polar surface area (TPSA) is 73.6 Å². The second kappa shape index (κ2) is 17.1. The number of carbonyl (C=O) groups excluding carboxylic acids is 1. The number of nitrogens with two attached hydrogens (primary N) is 1. The van der Waals surface area contributed by atoms with Crippen molar-refractivity contribution in [3.05, 3.63) is 48.0 Å². The van der Waals surface area contributed by atoms with E-state index in [9.17, 15) is 4.79 Å². The molecule has 7 heteroatoms. The van der Waals surface area contributed by atoms with E-state index in [1.807, 2.05) is 0 Å². The lowest BCUT2D eigenvalue weighted by Crippen LogP contribution is -2.41. The summed E-state index contributed by atoms with van der Waals surface area (Å²) < 4.78 is 0. The first-order valence-corrected chi connectivity index (χ1v) is 14.8. The Morgan fingerprint density at radius 2 is 1.42 bits per heavy atom. The van der Waals surface area contributed by atoms with Gasteiger partial charge in [-0.25, -0.2) is 0 Å². The van der Waals surface area contributed by atoms with Gasteiger partial charge in [-0.1, -0.05) is 42.5 Å². The fourth-order valence-corrected chi connectivity index (χ4v) is 5.95. The largest absolute Gasteiger partial charge is 0.342 e. The third-order valence-electron chi connectivity index (χ3n) is 8.40. The zero-order valence-electron chi connectivity index (χ0n) is 23.2. The van der Waals surface area contributed by atoms with Gasteiger partial charge in [0.1, 0.15) is 0 Å². The molecular formula is C31H50ClN5O. The van der Waals surface area contributed by atoms with Gasteiger partial charge in [-0.2, -0.15) is 0 Å². The minimum Gasteiger partial charge on any atom is -0.342 e. The van der Waals surface area contributed by atoms with Crippen molar-refractivity contribution in [3.63, 3.8) is 0 Å². The highest BCUT2D eigenvalue weighted by atomic mass is 35.5. The first-order valence-electron chi connectivity index (χ1n) is 14.8. The van der Waals surface area contributed by atoms with Crippen LogP contribution in [0.1, 0.15) is 50.5 Å². The predicted octanol–water partition coefficient (Wildman–Crippen LogP) is 4.06. The van der Waals surface area contributed by atoms with E-state index in [1.165, 1.54) is 62.6 Å². The Hall–Kier alpha value is -1.70. The number of likely N-dealkylation sites (tertiary alicyclic amines) is 2. The molecule has 6 nitrogen and oxygen atoms in total. The maximum absolute atomic E-state index is 13.0. The molecule has 212 valence electrons. The Morgan fingerprint density at radius 1 is 0.816 bits per heavy atom. The number of hydrogen-bond donors (Lipinski definition) is 3. The van der Waals surface area contributed by atoms with E-state index in [0.717, 1.165) is 70.0 Å². The van der Waals surface area contributed by atoms with Crippen molar-refractivity contribution in [1.82, 2.24) is 20.4 Å². The van der Waals surface area contributed by atoms with E-state index in [4.69, 9.17) is 5.73 Å². The van der Waals surface area contributed by atoms with Gasteiger partial charge in [-0.15, -0.1) is 12.4 Å². The standard InChI is InChI=1S/C31H49N5O.ClH/c32-15-6-18-35-19-11-26(12-20-35)24-33-16-3-4-17-34-25-27-13-21-36(22-14-27)31(37)23-29-9-5-8-28-7-1-2-10-30(28)29;/h1-2,5,7-10,26-27,33-34H,3-4,6,11-25,32H2;1H. The first kappa shape index (κ1) is 30.8. The summed E-state index contributed by atoms with van der Waals surface area (Å²) in [6.07, 6.45) is 8.98. The number of rotatable bonds is 14. The second-order valence-corrected chi connectivity index (χ2v) is 11.2. The van der Waals surface area contributed by atoms with Crippen LogP contribution in [0.3, 0.4) is 0 Å². The quantitative estimate of drug-likeness (QED) is 0.313. The summed E-state index contributed by atoms with van der Waals surface area (Å²) in [7, 11) is 0. The molecule has 0 aromatic heterocycles. The number of halogens is 1. The zero-order valence-corrected chi connectivity index (χ0v) is 24.0. The molecule has 0 aliphatic carbocycles. The summed E-state index contributed by atoms with van der Waals surface area (Å²) in [6.45, 7) is 10.8. The van der Waals surface area contributed by atoms with Crippen LogP contribution in [0.5, 0.6) is 0 Å². The zero-order chi connectivity index (χ0) is 25.7. The highest BCUT2D eigenvalue weighted by molar-refractivity contribution is 5.90. The normalized spacial score (nSPS) is 17.6. The van der Waals surface area contributed by atoms with Crippen molar-refractivity contribution in [2.45, 2.75) is 51.4 Å². The molecule has 2 heterocycles. The summed E-state index contributed by atoms with van der Waals surface area (Å²) in [5.41, 5.74) is 6.77. The minimum absolute atomic E-state index is 0. The number of piperidine rings is 2. The number of hydrogen-bond acceptors (Lipinski definition) is 5. The highest BCUT2D eigenvalue weighted by Gasteiger charge is 2.23. The first-order chi connectivity index (χ1) is 18.2. The molecule has 0 bridgehead atoms. The van der Waals surface area contributed by atoms with Crippen LogP contribution in [0, 0.1) is 11.8 Å². The lowest BCUT2D eigenvalue weighted by Gasteiger charge is -2.32. The van der Waals surface area contributed by atoms with Crippen molar-refractivity contribution in [3.8, 4) is 0 Å². The second-order valence-electron chi connectivity index (χ2n) is 11.2. The van der Waals surface area contributed by atoms with Crippen LogP contribution in [0.15, 0.2) is 42.5 Å². The van der Waals surface area contributed by atoms with Crippen LogP contribution in [0.25, 0.3) is 10.8 Å². The third kappa shape index (κ3) is 9.80. The number of nitrogens with zero attached hydrogens (tertiary/aromatic N) is 2. The molecule has 0 radical (unpaired) electrons. The maximum Gasteiger partial charge on any atom is 0.227 e. The molecule has 4 N–H and O–H groups in total. The van der Waals surface area contributed by atoms with Crippen molar-refractivity contribution < 1.29 is 4.79 Å². The predicted molar refractivity (Wildman–Crippen MR) is 162 cm³/mol. The van der Waals surface area contributed by atoms with E-state index in [0.29, 0.717) is 12.3 Å². The van der Waals surface area contributed by atoms with Gasteiger partial charge in [0.2, 0.25) is 5.91 Å². The highest BCUT2D eigenvalue weighted by Crippen LogP contribution is 2.22. The summed E-state index contributed by atoms with van der Waals surface area (Å²) in [6, 6.07) is 14.6. The monoisotopic (exact) mass is 543 g/mol. The molecule has 2 aliphatic rings. The Balaban J connectivity index is 0.00000400. The van der Waals surface area contributed by atoms with Crippen molar-refractivity contribution in [1.29, 1.82) is 0 Å². The van der Waals surface area contributed by atoms with Crippen LogP contribution in [0.4, 0.5) is 0 Å². The van der Waals surface area contributed by atoms with E-state index in [-0.39, 0.29) is 18.3 Å². The lowest BCUT2D eigenvalue weighted by molar-refractivity contribution is -0.131. The van der Waals surface area contributed by atoms with Gasteiger partial charge >= 0.3 is 0 Å². The Morgan fingerprint density at radius 3 is 2.08 bits per heavy atom.